The van der Waals surface area contributed by atoms with Gasteiger partial charge in [-0.15, -0.1) is 0 Å². The van der Waals surface area contributed by atoms with E-state index in [0.29, 0.717) is 34.3 Å². The van der Waals surface area contributed by atoms with Crippen LogP contribution in [0.1, 0.15) is 38.3 Å². The van der Waals surface area contributed by atoms with Crippen molar-refractivity contribution in [2.45, 2.75) is 63.0 Å². The second-order valence-electron chi connectivity index (χ2n) is 10.5. The summed E-state index contributed by atoms with van der Waals surface area (Å²) in [6.07, 6.45) is 3.12. The molecule has 6 rings (SSSR count). The van der Waals surface area contributed by atoms with Crippen LogP contribution >= 0.6 is 11.8 Å². The molecular formula is C28H32N6O4S. The topological polar surface area (TPSA) is 125 Å². The Labute approximate surface area is 231 Å². The van der Waals surface area contributed by atoms with Crippen molar-refractivity contribution in [3.63, 3.8) is 0 Å². The van der Waals surface area contributed by atoms with E-state index in [2.05, 4.69) is 26.3 Å². The Morgan fingerprint density at radius 3 is 2.59 bits per heavy atom. The number of anilines is 1. The van der Waals surface area contributed by atoms with E-state index in [-0.39, 0.29) is 47.3 Å². The van der Waals surface area contributed by atoms with Gasteiger partial charge in [0, 0.05) is 36.7 Å². The first-order chi connectivity index (χ1) is 18.9. The normalized spacial score (nSPS) is 27.6. The summed E-state index contributed by atoms with van der Waals surface area (Å²) in [6.45, 7) is 4.13. The van der Waals surface area contributed by atoms with E-state index in [9.17, 15) is 14.4 Å². The number of urea groups is 1. The fraction of sp³-hybridized carbons (Fsp3) is 0.429. The lowest BCUT2D eigenvalue weighted by Gasteiger charge is -2.46. The Hall–Kier alpha value is -3.57. The number of benzene rings is 1. The van der Waals surface area contributed by atoms with Gasteiger partial charge in [-0.3, -0.25) is 14.5 Å². The molecule has 11 heteroatoms. The van der Waals surface area contributed by atoms with Crippen LogP contribution in [-0.2, 0) is 9.59 Å². The molecule has 5 atom stereocenters. The SMILES string of the molecule is CC(=O)N[C@H]1CC[C@H](NC(=O)C2=C3NC(=O)N(c4ccc(Oc5ccccc5)nc4C)C4CCNC(S2)C34)C1. The van der Waals surface area contributed by atoms with E-state index in [1.54, 1.807) is 11.0 Å². The third kappa shape index (κ3) is 5.08. The summed E-state index contributed by atoms with van der Waals surface area (Å²) < 4.78 is 5.88. The zero-order chi connectivity index (χ0) is 27.1. The van der Waals surface area contributed by atoms with Crippen molar-refractivity contribution in [3.8, 4) is 11.6 Å². The van der Waals surface area contributed by atoms with Crippen molar-refractivity contribution in [1.29, 1.82) is 0 Å². The summed E-state index contributed by atoms with van der Waals surface area (Å²) in [4.78, 5) is 45.3. The molecule has 39 heavy (non-hydrogen) atoms. The molecule has 1 saturated carbocycles. The maximum atomic E-state index is 13.5. The van der Waals surface area contributed by atoms with E-state index in [1.807, 2.05) is 43.3 Å². The summed E-state index contributed by atoms with van der Waals surface area (Å²) in [6, 6.07) is 12.8. The summed E-state index contributed by atoms with van der Waals surface area (Å²) in [5, 5.41) is 12.7. The lowest BCUT2D eigenvalue weighted by atomic mass is 9.86. The van der Waals surface area contributed by atoms with Gasteiger partial charge in [0.05, 0.1) is 27.7 Å². The molecule has 0 bridgehead atoms. The summed E-state index contributed by atoms with van der Waals surface area (Å²) >= 11 is 1.49. The molecule has 3 fully saturated rings. The standard InChI is InChI=1S/C28H32N6O4S/c1-15-20(10-11-22(30-15)38-19-6-4-3-5-7-19)34-21-12-13-29-27-23(21)24(33-28(34)37)25(39-27)26(36)32-18-9-8-17(14-18)31-16(2)35/h3-7,10-11,17-18,21,23,27,29H,8-9,12-14H2,1-2H3,(H,31,35)(H,32,36)(H,33,37)/t17-,18-,21?,23?,27?/m0/s1. The minimum atomic E-state index is -0.257. The summed E-state index contributed by atoms with van der Waals surface area (Å²) in [7, 11) is 0. The first-order valence-electron chi connectivity index (χ1n) is 13.4. The molecule has 1 aromatic carbocycles. The minimum Gasteiger partial charge on any atom is -0.439 e. The van der Waals surface area contributed by atoms with E-state index < -0.39 is 0 Å². The smallest absolute Gasteiger partial charge is 0.326 e. The molecule has 204 valence electrons. The molecule has 3 unspecified atom stereocenters. The molecule has 1 aromatic heterocycles. The fourth-order valence-electron chi connectivity index (χ4n) is 6.14. The average Bonchev–Trinajstić information content (AvgIpc) is 3.50. The minimum absolute atomic E-state index is 0.00410. The number of hydrogen-bond acceptors (Lipinski definition) is 7. The maximum absolute atomic E-state index is 13.5. The number of nitrogens with zero attached hydrogens (tertiary/aromatic N) is 2. The predicted octanol–water partition coefficient (Wildman–Crippen LogP) is 3.15. The number of amides is 4. The predicted molar refractivity (Wildman–Crippen MR) is 148 cm³/mol. The number of aryl methyl sites for hydroxylation is 1. The molecule has 2 aromatic rings. The number of para-hydroxylation sites is 1. The molecule has 0 spiro atoms. The Bertz CT molecular complexity index is 1330. The van der Waals surface area contributed by atoms with Gasteiger partial charge in [-0.05, 0) is 57.4 Å². The number of rotatable bonds is 6. The molecule has 1 aliphatic carbocycles. The van der Waals surface area contributed by atoms with Gasteiger partial charge in [0.1, 0.15) is 5.75 Å². The number of thioether (sulfide) groups is 1. The number of aromatic nitrogens is 1. The number of pyridine rings is 1. The molecule has 4 heterocycles. The van der Waals surface area contributed by atoms with E-state index >= 15 is 0 Å². The molecule has 0 radical (unpaired) electrons. The highest BCUT2D eigenvalue weighted by atomic mass is 32.2. The number of carbonyl (C=O) groups excluding carboxylic acids is 3. The number of carbonyl (C=O) groups is 3. The van der Waals surface area contributed by atoms with Gasteiger partial charge in [0.2, 0.25) is 11.8 Å². The quantitative estimate of drug-likeness (QED) is 0.437. The Balaban J connectivity index is 1.21. The number of nitrogens with one attached hydrogen (secondary N) is 4. The monoisotopic (exact) mass is 548 g/mol. The van der Waals surface area contributed by atoms with E-state index in [0.717, 1.165) is 31.5 Å². The van der Waals surface area contributed by atoms with Gasteiger partial charge in [-0.2, -0.15) is 0 Å². The summed E-state index contributed by atoms with van der Waals surface area (Å²) in [5.41, 5.74) is 2.13. The van der Waals surface area contributed by atoms with Crippen LogP contribution in [-0.4, -0.2) is 52.9 Å². The van der Waals surface area contributed by atoms with Gasteiger partial charge in [0.15, 0.2) is 0 Å². The maximum Gasteiger partial charge on any atom is 0.326 e. The lowest BCUT2D eigenvalue weighted by Crippen LogP contribution is -2.62. The molecule has 2 saturated heterocycles. The van der Waals surface area contributed by atoms with Gasteiger partial charge < -0.3 is 26.0 Å². The van der Waals surface area contributed by atoms with Crippen LogP contribution in [0.15, 0.2) is 53.1 Å². The third-order valence-electron chi connectivity index (χ3n) is 7.78. The molecule has 3 aliphatic heterocycles. The zero-order valence-corrected chi connectivity index (χ0v) is 22.7. The average molecular weight is 549 g/mol. The molecule has 4 N–H and O–H groups in total. The Morgan fingerprint density at radius 2 is 1.85 bits per heavy atom. The van der Waals surface area contributed by atoms with Crippen molar-refractivity contribution in [2.24, 2.45) is 5.92 Å². The Kier molecular flexibility index (Phi) is 6.94. The fourth-order valence-corrected chi connectivity index (χ4v) is 7.53. The second-order valence-corrected chi connectivity index (χ2v) is 11.6. The largest absolute Gasteiger partial charge is 0.439 e. The number of piperidine rings is 1. The van der Waals surface area contributed by atoms with Crippen molar-refractivity contribution in [1.82, 2.24) is 26.3 Å². The zero-order valence-electron chi connectivity index (χ0n) is 21.9. The van der Waals surface area contributed by atoms with Gasteiger partial charge in [-0.25, -0.2) is 9.78 Å². The molecule has 4 amide bonds. The van der Waals surface area contributed by atoms with Gasteiger partial charge in [-0.1, -0.05) is 30.0 Å². The summed E-state index contributed by atoms with van der Waals surface area (Å²) in [5.74, 6) is 0.903. The van der Waals surface area contributed by atoms with Crippen molar-refractivity contribution >= 4 is 35.3 Å². The van der Waals surface area contributed by atoms with Crippen LogP contribution in [0.5, 0.6) is 11.6 Å². The van der Waals surface area contributed by atoms with Crippen molar-refractivity contribution in [2.75, 3.05) is 11.4 Å². The van der Waals surface area contributed by atoms with Crippen LogP contribution in [0.25, 0.3) is 0 Å². The first-order valence-corrected chi connectivity index (χ1v) is 14.3. The highest BCUT2D eigenvalue weighted by molar-refractivity contribution is 8.04. The van der Waals surface area contributed by atoms with Crippen LogP contribution in [0.2, 0.25) is 0 Å². The highest BCUT2D eigenvalue weighted by Crippen LogP contribution is 2.48. The van der Waals surface area contributed by atoms with Crippen LogP contribution in [0, 0.1) is 12.8 Å². The second kappa shape index (κ2) is 10.5. The third-order valence-corrected chi connectivity index (χ3v) is 9.13. The van der Waals surface area contributed by atoms with Gasteiger partial charge in [0.25, 0.3) is 5.91 Å². The van der Waals surface area contributed by atoms with Crippen LogP contribution < -0.4 is 30.9 Å². The molecule has 4 aliphatic rings. The first kappa shape index (κ1) is 25.7. The van der Waals surface area contributed by atoms with Crippen LogP contribution in [0.3, 0.4) is 0 Å². The lowest BCUT2D eigenvalue weighted by molar-refractivity contribution is -0.119. The Morgan fingerprint density at radius 1 is 1.08 bits per heavy atom. The highest BCUT2D eigenvalue weighted by Gasteiger charge is 2.52. The molecular weight excluding hydrogens is 516 g/mol. The van der Waals surface area contributed by atoms with Crippen molar-refractivity contribution in [3.05, 3.63) is 58.8 Å². The number of hydrogen-bond donors (Lipinski definition) is 4. The van der Waals surface area contributed by atoms with Crippen molar-refractivity contribution < 1.29 is 19.1 Å². The van der Waals surface area contributed by atoms with Crippen LogP contribution in [0.4, 0.5) is 10.5 Å². The van der Waals surface area contributed by atoms with E-state index in [1.165, 1.54) is 18.7 Å². The number of ether oxygens (including phenoxy) is 1. The van der Waals surface area contributed by atoms with Gasteiger partial charge >= 0.3 is 6.03 Å². The van der Waals surface area contributed by atoms with E-state index in [4.69, 9.17) is 4.74 Å². The molecule has 10 nitrogen and oxygen atoms in total.